The Morgan fingerprint density at radius 2 is 1.69 bits per heavy atom. The molecular formula is C25H23ClN4O5. The number of rotatable bonds is 6. The lowest BCUT2D eigenvalue weighted by Gasteiger charge is -2.30. The maximum Gasteiger partial charge on any atom is 0.269 e. The third-order valence-electron chi connectivity index (χ3n) is 5.64. The van der Waals surface area contributed by atoms with Crippen LogP contribution in [0.1, 0.15) is 26.3 Å². The quantitative estimate of drug-likeness (QED) is 0.372. The molecule has 0 radical (unpaired) electrons. The van der Waals surface area contributed by atoms with Gasteiger partial charge in [-0.3, -0.25) is 19.7 Å². The van der Waals surface area contributed by atoms with Crippen LogP contribution in [0.2, 0.25) is 5.02 Å². The van der Waals surface area contributed by atoms with Crippen LogP contribution in [0.5, 0.6) is 0 Å². The molecule has 1 saturated heterocycles. The van der Waals surface area contributed by atoms with E-state index in [2.05, 4.69) is 15.5 Å². The third-order valence-corrected chi connectivity index (χ3v) is 5.87. The Morgan fingerprint density at radius 3 is 2.37 bits per heavy atom. The van der Waals surface area contributed by atoms with Crippen molar-refractivity contribution in [1.29, 1.82) is 0 Å². The number of carbonyl (C=O) groups excluding carboxylic acids is 2. The molecule has 0 unspecified atom stereocenters. The minimum absolute atomic E-state index is 0.105. The Morgan fingerprint density at radius 1 is 0.971 bits per heavy atom. The fraction of sp³-hybridized carbons (Fsp3) is 0.200. The lowest BCUT2D eigenvalue weighted by atomic mass is 10.1. The van der Waals surface area contributed by atoms with Crippen molar-refractivity contribution < 1.29 is 19.2 Å². The van der Waals surface area contributed by atoms with Crippen molar-refractivity contribution in [3.8, 4) is 0 Å². The van der Waals surface area contributed by atoms with Crippen molar-refractivity contribution in [2.75, 3.05) is 41.8 Å². The zero-order valence-electron chi connectivity index (χ0n) is 18.9. The molecule has 1 aliphatic heterocycles. The Hall–Kier alpha value is -3.95. The molecule has 10 heteroatoms. The van der Waals surface area contributed by atoms with Crippen molar-refractivity contribution in [1.82, 2.24) is 0 Å². The maximum absolute atomic E-state index is 13.4. The Bertz CT molecular complexity index is 1270. The lowest BCUT2D eigenvalue weighted by Crippen LogP contribution is -2.37. The standard InChI is InChI=1S/C25H23ClN4O5/c1-16-2-5-18(26)14-22(16)28-25(32)21-15-19(6-9-23(21)29-10-12-35-13-11-29)27-24(31)17-3-7-20(8-4-17)30(33)34/h2-9,14-15H,10-13H2,1H3,(H,27,31)(H,28,32). The maximum atomic E-state index is 13.4. The fourth-order valence-corrected chi connectivity index (χ4v) is 3.90. The molecule has 1 aliphatic rings. The average molecular weight is 495 g/mol. The predicted molar refractivity (Wildman–Crippen MR) is 135 cm³/mol. The molecule has 3 aromatic rings. The van der Waals surface area contributed by atoms with Gasteiger partial charge in [0.25, 0.3) is 17.5 Å². The SMILES string of the molecule is Cc1ccc(Cl)cc1NC(=O)c1cc(NC(=O)c2ccc([N+](=O)[O-])cc2)ccc1N1CCOCC1. The summed E-state index contributed by atoms with van der Waals surface area (Å²) < 4.78 is 5.44. The van der Waals surface area contributed by atoms with Crippen LogP contribution in [-0.2, 0) is 4.74 Å². The molecule has 1 fully saturated rings. The van der Waals surface area contributed by atoms with Crippen LogP contribution < -0.4 is 15.5 Å². The fourth-order valence-electron chi connectivity index (χ4n) is 3.73. The van der Waals surface area contributed by atoms with Crippen molar-refractivity contribution in [2.45, 2.75) is 6.92 Å². The number of amides is 2. The van der Waals surface area contributed by atoms with Crippen molar-refractivity contribution in [2.24, 2.45) is 0 Å². The number of anilines is 3. The summed E-state index contributed by atoms with van der Waals surface area (Å²) in [7, 11) is 0. The first-order valence-corrected chi connectivity index (χ1v) is 11.3. The van der Waals surface area contributed by atoms with Gasteiger partial charge >= 0.3 is 0 Å². The van der Waals surface area contributed by atoms with Crippen LogP contribution in [0.4, 0.5) is 22.7 Å². The number of non-ortho nitro benzene ring substituents is 1. The molecule has 35 heavy (non-hydrogen) atoms. The normalized spacial score (nSPS) is 13.3. The summed E-state index contributed by atoms with van der Waals surface area (Å²) in [5.74, 6) is -0.792. The summed E-state index contributed by atoms with van der Waals surface area (Å²) in [4.78, 5) is 38.5. The van der Waals surface area contributed by atoms with Crippen LogP contribution in [0.25, 0.3) is 0 Å². The number of nitrogens with one attached hydrogen (secondary N) is 2. The van der Waals surface area contributed by atoms with Gasteiger partial charge in [-0.15, -0.1) is 0 Å². The van der Waals surface area contributed by atoms with Gasteiger partial charge < -0.3 is 20.3 Å². The first-order valence-electron chi connectivity index (χ1n) is 10.9. The van der Waals surface area contributed by atoms with Crippen LogP contribution in [0, 0.1) is 17.0 Å². The second kappa shape index (κ2) is 10.5. The molecule has 0 aliphatic carbocycles. The van der Waals surface area contributed by atoms with Crippen molar-refractivity contribution >= 4 is 46.2 Å². The number of morpholine rings is 1. The highest BCUT2D eigenvalue weighted by Crippen LogP contribution is 2.28. The minimum atomic E-state index is -0.529. The van der Waals surface area contributed by atoms with Gasteiger partial charge in [-0.25, -0.2) is 0 Å². The highest BCUT2D eigenvalue weighted by atomic mass is 35.5. The number of hydrogen-bond donors (Lipinski definition) is 2. The number of nitro groups is 1. The summed E-state index contributed by atoms with van der Waals surface area (Å²) in [6.07, 6.45) is 0. The zero-order chi connectivity index (χ0) is 24.9. The van der Waals surface area contributed by atoms with Gasteiger partial charge in [-0.05, 0) is 55.0 Å². The molecule has 1 heterocycles. The number of hydrogen-bond acceptors (Lipinski definition) is 6. The van der Waals surface area contributed by atoms with Gasteiger partial charge in [0.05, 0.1) is 23.7 Å². The number of nitro benzene ring substituents is 1. The molecule has 0 spiro atoms. The van der Waals surface area contributed by atoms with Crippen LogP contribution >= 0.6 is 11.6 Å². The first kappa shape index (κ1) is 24.2. The summed E-state index contributed by atoms with van der Waals surface area (Å²) >= 11 is 6.11. The molecule has 0 bridgehead atoms. The largest absolute Gasteiger partial charge is 0.378 e. The number of benzene rings is 3. The van der Waals surface area contributed by atoms with E-state index in [1.165, 1.54) is 24.3 Å². The van der Waals surface area contributed by atoms with Gasteiger partial charge in [-0.1, -0.05) is 17.7 Å². The van der Waals surface area contributed by atoms with E-state index in [0.717, 1.165) is 11.3 Å². The molecule has 180 valence electrons. The minimum Gasteiger partial charge on any atom is -0.378 e. The summed E-state index contributed by atoms with van der Waals surface area (Å²) in [6, 6.07) is 15.7. The molecule has 4 rings (SSSR count). The Kier molecular flexibility index (Phi) is 7.28. The number of aryl methyl sites for hydroxylation is 1. The molecule has 9 nitrogen and oxygen atoms in total. The van der Waals surface area contributed by atoms with Gasteiger partial charge in [-0.2, -0.15) is 0 Å². The topological polar surface area (TPSA) is 114 Å². The second-order valence-electron chi connectivity index (χ2n) is 8.00. The van der Waals surface area contributed by atoms with E-state index in [4.69, 9.17) is 16.3 Å². The molecule has 0 aromatic heterocycles. The summed E-state index contributed by atoms with van der Waals surface area (Å²) in [6.45, 7) is 4.23. The van der Waals surface area contributed by atoms with Crippen LogP contribution in [-0.4, -0.2) is 43.0 Å². The highest BCUT2D eigenvalue weighted by Gasteiger charge is 2.21. The number of halogens is 1. The monoisotopic (exact) mass is 494 g/mol. The van der Waals surface area contributed by atoms with Crippen LogP contribution in [0.15, 0.2) is 60.7 Å². The van der Waals surface area contributed by atoms with E-state index in [1.54, 1.807) is 30.3 Å². The van der Waals surface area contributed by atoms with Crippen molar-refractivity contribution in [3.05, 3.63) is 92.5 Å². The van der Waals surface area contributed by atoms with Gasteiger partial charge in [0.2, 0.25) is 0 Å². The molecule has 0 saturated carbocycles. The van der Waals surface area contributed by atoms with E-state index in [-0.39, 0.29) is 17.2 Å². The smallest absolute Gasteiger partial charge is 0.269 e. The molecule has 3 aromatic carbocycles. The zero-order valence-corrected chi connectivity index (χ0v) is 19.7. The van der Waals surface area contributed by atoms with Gasteiger partial charge in [0, 0.05) is 52.9 Å². The van der Waals surface area contributed by atoms with E-state index in [1.807, 2.05) is 13.0 Å². The Balaban J connectivity index is 1.62. The summed E-state index contributed by atoms with van der Waals surface area (Å²) in [5.41, 5.74) is 3.12. The predicted octanol–water partition coefficient (Wildman–Crippen LogP) is 4.90. The molecular weight excluding hydrogens is 472 g/mol. The highest BCUT2D eigenvalue weighted by molar-refractivity contribution is 6.31. The Labute approximate surface area is 206 Å². The molecule has 2 N–H and O–H groups in total. The average Bonchev–Trinajstić information content (AvgIpc) is 2.86. The number of ether oxygens (including phenoxy) is 1. The number of nitrogens with zero attached hydrogens (tertiary/aromatic N) is 2. The van der Waals surface area contributed by atoms with Gasteiger partial charge in [0.15, 0.2) is 0 Å². The summed E-state index contributed by atoms with van der Waals surface area (Å²) in [5, 5.41) is 17.0. The van der Waals surface area contributed by atoms with Crippen molar-refractivity contribution in [3.63, 3.8) is 0 Å². The van der Waals surface area contributed by atoms with E-state index < -0.39 is 10.8 Å². The van der Waals surface area contributed by atoms with E-state index in [9.17, 15) is 19.7 Å². The third kappa shape index (κ3) is 5.76. The molecule has 2 amide bonds. The first-order chi connectivity index (χ1) is 16.8. The second-order valence-corrected chi connectivity index (χ2v) is 8.44. The lowest BCUT2D eigenvalue weighted by molar-refractivity contribution is -0.384. The van der Waals surface area contributed by atoms with E-state index in [0.29, 0.717) is 48.3 Å². The number of carbonyl (C=O) groups is 2. The van der Waals surface area contributed by atoms with Gasteiger partial charge in [0.1, 0.15) is 0 Å². The molecule has 0 atom stereocenters. The van der Waals surface area contributed by atoms with Crippen LogP contribution in [0.3, 0.4) is 0 Å². The van der Waals surface area contributed by atoms with E-state index >= 15 is 0 Å².